The van der Waals surface area contributed by atoms with Crippen molar-refractivity contribution in [2.75, 3.05) is 18.1 Å². The van der Waals surface area contributed by atoms with E-state index in [2.05, 4.69) is 15.0 Å². The Morgan fingerprint density at radius 2 is 2.26 bits per heavy atom. The molecule has 2 aromatic heterocycles. The summed E-state index contributed by atoms with van der Waals surface area (Å²) in [6.07, 6.45) is -1.18. The lowest BCUT2D eigenvalue weighted by Gasteiger charge is -2.15. The topological polar surface area (TPSA) is 125 Å². The highest BCUT2D eigenvalue weighted by Gasteiger charge is 2.37. The van der Waals surface area contributed by atoms with Crippen molar-refractivity contribution >= 4 is 22.9 Å². The molecule has 5 N–H and O–H groups in total. The van der Waals surface area contributed by atoms with Crippen molar-refractivity contribution < 1.29 is 14.2 Å². The fourth-order valence-electron chi connectivity index (χ4n) is 2.21. The van der Waals surface area contributed by atoms with Gasteiger partial charge in [-0.05, 0) is 0 Å². The standard InChI is InChI=1S/C10H13FN6O2/c11-5-1-4(2-18)19-9(5)17-3-14-6-7(12)15-10(13)16-8(6)17/h3-5,9,18H,1-2H2,(H4,12,13,15,16)/t4-,5-,9+/m0/s1. The van der Waals surface area contributed by atoms with Gasteiger partial charge in [0, 0.05) is 6.42 Å². The van der Waals surface area contributed by atoms with E-state index in [9.17, 15) is 4.39 Å². The lowest BCUT2D eigenvalue weighted by atomic mass is 10.2. The van der Waals surface area contributed by atoms with Crippen molar-refractivity contribution in [1.29, 1.82) is 0 Å². The minimum absolute atomic E-state index is 0.0149. The molecule has 1 aliphatic rings. The van der Waals surface area contributed by atoms with Crippen molar-refractivity contribution in [3.8, 4) is 0 Å². The summed E-state index contributed by atoms with van der Waals surface area (Å²) in [6, 6.07) is 0. The molecular weight excluding hydrogens is 255 g/mol. The van der Waals surface area contributed by atoms with E-state index in [0.29, 0.717) is 11.2 Å². The van der Waals surface area contributed by atoms with Gasteiger partial charge in [-0.3, -0.25) is 4.57 Å². The largest absolute Gasteiger partial charge is 0.394 e. The number of nitrogen functional groups attached to an aromatic ring is 2. The molecule has 3 heterocycles. The molecule has 0 spiro atoms. The molecular formula is C10H13FN6O2. The zero-order chi connectivity index (χ0) is 13.6. The third-order valence-electron chi connectivity index (χ3n) is 3.07. The van der Waals surface area contributed by atoms with Gasteiger partial charge in [0.15, 0.2) is 17.7 Å². The molecule has 8 nitrogen and oxygen atoms in total. The fourth-order valence-corrected chi connectivity index (χ4v) is 2.21. The van der Waals surface area contributed by atoms with Gasteiger partial charge in [0.25, 0.3) is 0 Å². The molecule has 0 bridgehead atoms. The Kier molecular flexibility index (Phi) is 2.72. The van der Waals surface area contributed by atoms with E-state index in [-0.39, 0.29) is 24.8 Å². The second kappa shape index (κ2) is 4.28. The molecule has 3 rings (SSSR count). The maximum Gasteiger partial charge on any atom is 0.224 e. The van der Waals surface area contributed by atoms with Crippen LogP contribution in [0.15, 0.2) is 6.33 Å². The molecule has 1 fully saturated rings. The number of aliphatic hydroxyl groups is 1. The SMILES string of the molecule is Nc1nc(N)c2ncn([C@@H]3O[C@H](CO)C[C@@H]3F)c2n1. The Hall–Kier alpha value is -2.00. The highest BCUT2D eigenvalue weighted by molar-refractivity contribution is 5.82. The monoisotopic (exact) mass is 268 g/mol. The average Bonchev–Trinajstić information content (AvgIpc) is 2.92. The van der Waals surface area contributed by atoms with Crippen molar-refractivity contribution in [3.63, 3.8) is 0 Å². The number of nitrogens with two attached hydrogens (primary N) is 2. The molecule has 0 saturated carbocycles. The smallest absolute Gasteiger partial charge is 0.224 e. The first-order valence-electron chi connectivity index (χ1n) is 5.76. The second-order valence-corrected chi connectivity index (χ2v) is 4.37. The van der Waals surface area contributed by atoms with E-state index in [1.807, 2.05) is 0 Å². The number of anilines is 2. The van der Waals surface area contributed by atoms with E-state index < -0.39 is 18.5 Å². The number of aromatic nitrogens is 4. The average molecular weight is 268 g/mol. The van der Waals surface area contributed by atoms with Gasteiger partial charge in [-0.15, -0.1) is 0 Å². The molecule has 3 atom stereocenters. The summed E-state index contributed by atoms with van der Waals surface area (Å²) in [5.74, 6) is 0.118. The summed E-state index contributed by atoms with van der Waals surface area (Å²) in [4.78, 5) is 11.8. The number of imidazole rings is 1. The normalized spacial score (nSPS) is 27.2. The number of hydrogen-bond acceptors (Lipinski definition) is 7. The molecule has 102 valence electrons. The second-order valence-electron chi connectivity index (χ2n) is 4.37. The van der Waals surface area contributed by atoms with Gasteiger partial charge in [-0.25, -0.2) is 9.37 Å². The molecule has 0 amide bonds. The lowest BCUT2D eigenvalue weighted by molar-refractivity contribution is -0.0351. The van der Waals surface area contributed by atoms with Crippen LogP contribution in [-0.4, -0.2) is 43.5 Å². The molecule has 0 radical (unpaired) electrons. The molecule has 0 aliphatic carbocycles. The van der Waals surface area contributed by atoms with Crippen LogP contribution in [-0.2, 0) is 4.74 Å². The summed E-state index contributed by atoms with van der Waals surface area (Å²) in [7, 11) is 0. The lowest BCUT2D eigenvalue weighted by Crippen LogP contribution is -2.17. The number of alkyl halides is 1. The van der Waals surface area contributed by atoms with Crippen LogP contribution < -0.4 is 11.5 Å². The number of hydrogen-bond donors (Lipinski definition) is 3. The van der Waals surface area contributed by atoms with Crippen LogP contribution in [0.1, 0.15) is 12.6 Å². The summed E-state index contributed by atoms with van der Waals surface area (Å²) >= 11 is 0. The first kappa shape index (κ1) is 12.1. The van der Waals surface area contributed by atoms with Crippen LogP contribution in [0.5, 0.6) is 0 Å². The van der Waals surface area contributed by atoms with E-state index in [1.54, 1.807) is 0 Å². The zero-order valence-corrected chi connectivity index (χ0v) is 9.90. The number of rotatable bonds is 2. The van der Waals surface area contributed by atoms with Crippen molar-refractivity contribution in [1.82, 2.24) is 19.5 Å². The summed E-state index contributed by atoms with van der Waals surface area (Å²) in [5.41, 5.74) is 11.9. The van der Waals surface area contributed by atoms with Crippen LogP contribution in [0.3, 0.4) is 0 Å². The molecule has 0 aromatic carbocycles. The van der Waals surface area contributed by atoms with Crippen LogP contribution in [0.4, 0.5) is 16.2 Å². The fraction of sp³-hybridized carbons (Fsp3) is 0.500. The third kappa shape index (κ3) is 1.87. The Labute approximate surface area is 107 Å². The van der Waals surface area contributed by atoms with Crippen molar-refractivity contribution in [2.45, 2.75) is 24.9 Å². The van der Waals surface area contributed by atoms with Gasteiger partial charge in [-0.2, -0.15) is 9.97 Å². The predicted octanol–water partition coefficient (Wildman–Crippen LogP) is -0.391. The molecule has 9 heteroatoms. The van der Waals surface area contributed by atoms with Crippen molar-refractivity contribution in [3.05, 3.63) is 6.33 Å². The van der Waals surface area contributed by atoms with E-state index in [0.717, 1.165) is 0 Å². The third-order valence-corrected chi connectivity index (χ3v) is 3.07. The minimum Gasteiger partial charge on any atom is -0.394 e. The van der Waals surface area contributed by atoms with Gasteiger partial charge >= 0.3 is 0 Å². The van der Waals surface area contributed by atoms with Crippen LogP contribution in [0, 0.1) is 0 Å². The molecule has 1 saturated heterocycles. The number of fused-ring (bicyclic) bond motifs is 1. The Balaban J connectivity index is 2.06. The predicted molar refractivity (Wildman–Crippen MR) is 64.7 cm³/mol. The van der Waals surface area contributed by atoms with Gasteiger partial charge in [0.05, 0.1) is 19.0 Å². The van der Waals surface area contributed by atoms with E-state index >= 15 is 0 Å². The Bertz CT molecular complexity index is 617. The quantitative estimate of drug-likeness (QED) is 0.677. The maximum atomic E-state index is 13.9. The van der Waals surface area contributed by atoms with E-state index in [4.69, 9.17) is 21.3 Å². The van der Waals surface area contributed by atoms with Gasteiger partial charge < -0.3 is 21.3 Å². The highest BCUT2D eigenvalue weighted by atomic mass is 19.1. The van der Waals surface area contributed by atoms with Gasteiger partial charge in [0.1, 0.15) is 11.7 Å². The van der Waals surface area contributed by atoms with E-state index in [1.165, 1.54) is 10.9 Å². The molecule has 0 unspecified atom stereocenters. The number of nitrogens with zero attached hydrogens (tertiary/aromatic N) is 4. The van der Waals surface area contributed by atoms with Crippen LogP contribution >= 0.6 is 0 Å². The van der Waals surface area contributed by atoms with Crippen LogP contribution in [0.2, 0.25) is 0 Å². The van der Waals surface area contributed by atoms with Crippen LogP contribution in [0.25, 0.3) is 11.2 Å². The summed E-state index contributed by atoms with van der Waals surface area (Å²) in [6.45, 7) is -0.233. The first-order chi connectivity index (χ1) is 9.10. The minimum atomic E-state index is -1.26. The first-order valence-corrected chi connectivity index (χ1v) is 5.76. The Morgan fingerprint density at radius 1 is 1.47 bits per heavy atom. The highest BCUT2D eigenvalue weighted by Crippen LogP contribution is 2.33. The molecule has 2 aromatic rings. The zero-order valence-electron chi connectivity index (χ0n) is 9.90. The maximum absolute atomic E-state index is 13.9. The van der Waals surface area contributed by atoms with Gasteiger partial charge in [-0.1, -0.05) is 0 Å². The molecule has 1 aliphatic heterocycles. The summed E-state index contributed by atoms with van der Waals surface area (Å²) in [5, 5.41) is 9.02. The molecule has 19 heavy (non-hydrogen) atoms. The number of ether oxygens (including phenoxy) is 1. The number of halogens is 1. The van der Waals surface area contributed by atoms with Crippen molar-refractivity contribution in [2.24, 2.45) is 0 Å². The Morgan fingerprint density at radius 3 is 2.95 bits per heavy atom. The summed E-state index contributed by atoms with van der Waals surface area (Å²) < 4.78 is 20.8. The van der Waals surface area contributed by atoms with Gasteiger partial charge in [0.2, 0.25) is 5.95 Å². The number of aliphatic hydroxyl groups excluding tert-OH is 1.